The molecule has 36 heavy (non-hydrogen) atoms. The number of hydrogen-bond donors (Lipinski definition) is 0. The predicted molar refractivity (Wildman–Crippen MR) is 91.8 cm³/mol. The highest BCUT2D eigenvalue weighted by Crippen LogP contribution is 2.64. The van der Waals surface area contributed by atoms with Crippen LogP contribution in [0.2, 0.25) is 0 Å². The van der Waals surface area contributed by atoms with Crippen LogP contribution in [0.25, 0.3) is 0 Å². The van der Waals surface area contributed by atoms with Crippen molar-refractivity contribution in [2.45, 2.75) is 86.4 Å². The van der Waals surface area contributed by atoms with Crippen molar-refractivity contribution >= 4 is 17.5 Å². The minimum Gasteiger partial charge on any atom is -0.337 e. The third-order valence-corrected chi connectivity index (χ3v) is 5.08. The number of rotatable bonds is 14. The number of nitrogens with zero attached hydrogens (tertiary/aromatic N) is 1. The highest BCUT2D eigenvalue weighted by Gasteiger charge is 2.95. The molecule has 0 fully saturated rings. The minimum absolute atomic E-state index is 0.0901. The van der Waals surface area contributed by atoms with Crippen LogP contribution >= 0.6 is 11.6 Å². The lowest BCUT2D eigenvalue weighted by Crippen LogP contribution is -2.75. The zero-order chi connectivity index (χ0) is 29.4. The second-order valence-corrected chi connectivity index (χ2v) is 7.99. The molecule has 0 N–H and O–H groups in total. The van der Waals surface area contributed by atoms with E-state index >= 15 is 0 Å². The lowest BCUT2D eigenvalue weighted by atomic mass is 9.88. The summed E-state index contributed by atoms with van der Waals surface area (Å²) < 4.78 is 217. The van der Waals surface area contributed by atoms with Crippen molar-refractivity contribution < 1.29 is 75.0 Å². The molecule has 0 aromatic carbocycles. The number of carbonyl (C=O) groups excluding carboxylic acids is 1. The zero-order valence-electron chi connectivity index (χ0n) is 18.0. The van der Waals surface area contributed by atoms with Crippen molar-refractivity contribution in [2.75, 3.05) is 13.1 Å². The van der Waals surface area contributed by atoms with E-state index in [0.717, 1.165) is 0 Å². The molecule has 19 heteroatoms. The van der Waals surface area contributed by atoms with E-state index in [-0.39, 0.29) is 30.6 Å². The van der Waals surface area contributed by atoms with Crippen LogP contribution in [0, 0.1) is 0 Å². The van der Waals surface area contributed by atoms with E-state index in [9.17, 15) is 75.0 Å². The average molecular weight is 592 g/mol. The van der Waals surface area contributed by atoms with E-state index in [1.807, 2.05) is 0 Å². The van der Waals surface area contributed by atoms with Gasteiger partial charge >= 0.3 is 46.8 Å². The standard InChI is InChI=1S/C17H18ClF16NO/c1-3-5-7-35(8-6-4-2)9(36)10(19,20)11(21,22)12(23,24)13(25,26)14(27,28)15(29,30)16(31,32)17(18,33)34/h3-8H2,1-2H3. The summed E-state index contributed by atoms with van der Waals surface area (Å²) in [4.78, 5) is 11.7. The number of carbonyl (C=O) groups is 1. The Balaban J connectivity index is 6.74. The van der Waals surface area contributed by atoms with Gasteiger partial charge < -0.3 is 4.90 Å². The first kappa shape index (κ1) is 34.6. The van der Waals surface area contributed by atoms with Gasteiger partial charge in [0, 0.05) is 13.1 Å². The molecule has 0 heterocycles. The van der Waals surface area contributed by atoms with E-state index in [2.05, 4.69) is 11.6 Å². The van der Waals surface area contributed by atoms with Crippen LogP contribution in [0.4, 0.5) is 70.2 Å². The number of halogens is 17. The zero-order valence-corrected chi connectivity index (χ0v) is 18.8. The average Bonchev–Trinajstić information content (AvgIpc) is 2.71. The van der Waals surface area contributed by atoms with Gasteiger partial charge in [0.05, 0.1) is 0 Å². The van der Waals surface area contributed by atoms with Gasteiger partial charge in [-0.1, -0.05) is 26.7 Å². The molecule has 0 aliphatic rings. The maximum atomic E-state index is 14.2. The largest absolute Gasteiger partial charge is 0.393 e. The number of amides is 1. The number of unbranched alkanes of at least 4 members (excludes halogenated alkanes) is 2. The van der Waals surface area contributed by atoms with E-state index in [0.29, 0.717) is 0 Å². The van der Waals surface area contributed by atoms with Gasteiger partial charge in [0.15, 0.2) is 0 Å². The van der Waals surface area contributed by atoms with Crippen molar-refractivity contribution in [1.82, 2.24) is 4.90 Å². The molecule has 0 aromatic heterocycles. The molecular weight excluding hydrogens is 574 g/mol. The Morgan fingerprint density at radius 3 is 1.11 bits per heavy atom. The fourth-order valence-corrected chi connectivity index (χ4v) is 2.63. The summed E-state index contributed by atoms with van der Waals surface area (Å²) in [6, 6.07) is 0. The van der Waals surface area contributed by atoms with Gasteiger partial charge in [-0.25, -0.2) is 0 Å². The Hall–Kier alpha value is -1.36. The van der Waals surface area contributed by atoms with E-state index in [1.165, 1.54) is 13.8 Å². The molecule has 0 bridgehead atoms. The molecule has 0 saturated carbocycles. The molecule has 0 aliphatic carbocycles. The topological polar surface area (TPSA) is 20.3 Å². The van der Waals surface area contributed by atoms with Gasteiger partial charge in [-0.05, 0) is 24.4 Å². The first-order valence-electron chi connectivity index (χ1n) is 9.69. The molecule has 0 spiro atoms. The van der Waals surface area contributed by atoms with Crippen molar-refractivity contribution in [1.29, 1.82) is 0 Å². The Morgan fingerprint density at radius 2 is 0.833 bits per heavy atom. The van der Waals surface area contributed by atoms with Gasteiger partial charge in [0.2, 0.25) is 0 Å². The van der Waals surface area contributed by atoms with E-state index < -0.39 is 65.8 Å². The number of hydrogen-bond acceptors (Lipinski definition) is 1. The molecule has 0 atom stereocenters. The van der Waals surface area contributed by atoms with Crippen LogP contribution < -0.4 is 0 Å². The third kappa shape index (κ3) is 5.15. The molecule has 0 saturated heterocycles. The quantitative estimate of drug-likeness (QED) is 0.150. The van der Waals surface area contributed by atoms with E-state index in [4.69, 9.17) is 0 Å². The van der Waals surface area contributed by atoms with Crippen LogP contribution in [-0.4, -0.2) is 70.7 Å². The lowest BCUT2D eigenvalue weighted by molar-refractivity contribution is -0.446. The third-order valence-electron chi connectivity index (χ3n) is 4.84. The first-order valence-corrected chi connectivity index (χ1v) is 10.1. The van der Waals surface area contributed by atoms with Crippen LogP contribution in [0.1, 0.15) is 39.5 Å². The normalized spacial score (nSPS) is 15.3. The fraction of sp³-hybridized carbons (Fsp3) is 0.941. The van der Waals surface area contributed by atoms with Crippen molar-refractivity contribution in [3.63, 3.8) is 0 Å². The maximum absolute atomic E-state index is 14.2. The van der Waals surface area contributed by atoms with Crippen LogP contribution in [0.3, 0.4) is 0 Å². The minimum atomic E-state index is -8.58. The van der Waals surface area contributed by atoms with Crippen molar-refractivity contribution in [3.8, 4) is 0 Å². The van der Waals surface area contributed by atoms with Crippen molar-refractivity contribution in [3.05, 3.63) is 0 Å². The summed E-state index contributed by atoms with van der Waals surface area (Å²) in [5, 5.41) is -6.84. The first-order chi connectivity index (χ1) is 15.7. The molecule has 2 nitrogen and oxygen atoms in total. The summed E-state index contributed by atoms with van der Waals surface area (Å²) in [6.07, 6.45) is -0.273. The number of alkyl halides is 17. The molecular formula is C17H18ClF16NO. The molecule has 0 unspecified atom stereocenters. The van der Waals surface area contributed by atoms with Crippen LogP contribution in [0.5, 0.6) is 0 Å². The Bertz CT molecular complexity index is 756. The van der Waals surface area contributed by atoms with Gasteiger partial charge in [-0.2, -0.15) is 70.2 Å². The summed E-state index contributed by atoms with van der Waals surface area (Å²) in [6.45, 7) is 1.08. The SMILES string of the molecule is CCCCN(CCCC)C(=O)C(F)(F)C(F)(F)C(F)(F)C(F)(F)C(F)(F)C(F)(F)C(F)(F)C(F)(F)Cl. The maximum Gasteiger partial charge on any atom is 0.393 e. The second kappa shape index (κ2) is 10.4. The van der Waals surface area contributed by atoms with Gasteiger partial charge in [-0.3, -0.25) is 4.79 Å². The van der Waals surface area contributed by atoms with Gasteiger partial charge in [0.1, 0.15) is 0 Å². The van der Waals surface area contributed by atoms with E-state index in [1.54, 1.807) is 0 Å². The van der Waals surface area contributed by atoms with Crippen molar-refractivity contribution in [2.24, 2.45) is 0 Å². The molecule has 216 valence electrons. The van der Waals surface area contributed by atoms with Gasteiger partial charge in [-0.15, -0.1) is 0 Å². The van der Waals surface area contributed by atoms with Gasteiger partial charge in [0.25, 0.3) is 5.91 Å². The van der Waals surface area contributed by atoms with Crippen LogP contribution in [0.15, 0.2) is 0 Å². The molecule has 0 aromatic rings. The molecule has 0 aliphatic heterocycles. The molecule has 0 rings (SSSR count). The molecule has 0 radical (unpaired) electrons. The molecule has 1 amide bonds. The Kier molecular flexibility index (Phi) is 10.0. The summed E-state index contributed by atoms with van der Waals surface area (Å²) in [5.74, 6) is -59.9. The highest BCUT2D eigenvalue weighted by atomic mass is 35.5. The van der Waals surface area contributed by atoms with Crippen LogP contribution in [-0.2, 0) is 4.79 Å². The smallest absolute Gasteiger partial charge is 0.337 e. The Labute approximate surface area is 197 Å². The summed E-state index contributed by atoms with van der Waals surface area (Å²) >= 11 is 3.45. The summed E-state index contributed by atoms with van der Waals surface area (Å²) in [5.41, 5.74) is 0. The summed E-state index contributed by atoms with van der Waals surface area (Å²) in [7, 11) is 0. The monoisotopic (exact) mass is 591 g/mol. The lowest BCUT2D eigenvalue weighted by Gasteiger charge is -2.43. The fourth-order valence-electron chi connectivity index (χ4n) is 2.51. The Morgan fingerprint density at radius 1 is 0.556 bits per heavy atom. The predicted octanol–water partition coefficient (Wildman–Crippen LogP) is 7.69. The highest BCUT2D eigenvalue weighted by molar-refractivity contribution is 6.22. The second-order valence-electron chi connectivity index (χ2n) is 7.52.